The molecule has 0 spiro atoms. The zero-order chi connectivity index (χ0) is 9.26. The van der Waals surface area contributed by atoms with Crippen molar-refractivity contribution < 1.29 is 0 Å². The summed E-state index contributed by atoms with van der Waals surface area (Å²) in [5.74, 6) is 3.21. The van der Waals surface area contributed by atoms with Gasteiger partial charge in [0.2, 0.25) is 0 Å². The van der Waals surface area contributed by atoms with E-state index in [0.717, 1.165) is 24.6 Å². The molecule has 1 fully saturated rings. The van der Waals surface area contributed by atoms with Crippen LogP contribution in [0, 0.1) is 0 Å². The molecule has 0 atom stereocenters. The first kappa shape index (κ1) is 9.00. The fourth-order valence-corrected chi connectivity index (χ4v) is 1.76. The van der Waals surface area contributed by atoms with Crippen molar-refractivity contribution >= 4 is 11.6 Å². The van der Waals surface area contributed by atoms with Crippen LogP contribution in [0.15, 0.2) is 0 Å². The molecule has 0 amide bonds. The Kier molecular flexibility index (Phi) is 2.54. The molecule has 1 aliphatic carbocycles. The highest BCUT2D eigenvalue weighted by atomic mass is 35.5. The van der Waals surface area contributed by atoms with Crippen LogP contribution in [0.5, 0.6) is 0 Å². The van der Waals surface area contributed by atoms with Crippen LogP contribution < -0.4 is 0 Å². The average molecular weight is 200 g/mol. The standard InChI is InChI=1S/C9H14ClN3/c1-2-5-13-8(6-10)11-12-9(13)7-3-4-7/h7H,2-6H2,1H3. The number of hydrogen-bond acceptors (Lipinski definition) is 2. The molecule has 1 aromatic heterocycles. The second-order valence-corrected chi connectivity index (χ2v) is 3.80. The predicted molar refractivity (Wildman–Crippen MR) is 51.8 cm³/mol. The third kappa shape index (κ3) is 1.70. The van der Waals surface area contributed by atoms with Gasteiger partial charge in [0.05, 0.1) is 5.88 Å². The summed E-state index contributed by atoms with van der Waals surface area (Å²) in [6.07, 6.45) is 3.65. The summed E-state index contributed by atoms with van der Waals surface area (Å²) < 4.78 is 2.19. The average Bonchev–Trinajstić information content (AvgIpc) is 2.90. The molecule has 1 saturated carbocycles. The van der Waals surface area contributed by atoms with E-state index in [-0.39, 0.29) is 0 Å². The highest BCUT2D eigenvalue weighted by Crippen LogP contribution is 2.39. The Morgan fingerprint density at radius 1 is 1.46 bits per heavy atom. The highest BCUT2D eigenvalue weighted by Gasteiger charge is 2.29. The monoisotopic (exact) mass is 199 g/mol. The van der Waals surface area contributed by atoms with Crippen LogP contribution in [0.2, 0.25) is 0 Å². The molecule has 72 valence electrons. The van der Waals surface area contributed by atoms with Crippen molar-refractivity contribution in [3.05, 3.63) is 11.6 Å². The Balaban J connectivity index is 2.26. The van der Waals surface area contributed by atoms with Crippen LogP contribution in [0.25, 0.3) is 0 Å². The van der Waals surface area contributed by atoms with Gasteiger partial charge in [-0.15, -0.1) is 21.8 Å². The molecule has 1 aliphatic rings. The third-order valence-corrected chi connectivity index (χ3v) is 2.60. The first-order valence-electron chi connectivity index (χ1n) is 4.84. The van der Waals surface area contributed by atoms with Crippen LogP contribution in [0.1, 0.15) is 43.8 Å². The van der Waals surface area contributed by atoms with E-state index in [1.54, 1.807) is 0 Å². The fourth-order valence-electron chi connectivity index (χ4n) is 1.56. The molecule has 4 heteroatoms. The summed E-state index contributed by atoms with van der Waals surface area (Å²) in [6.45, 7) is 3.16. The normalized spacial score (nSPS) is 16.5. The Bertz CT molecular complexity index is 291. The van der Waals surface area contributed by atoms with Crippen molar-refractivity contribution in [2.75, 3.05) is 0 Å². The van der Waals surface area contributed by atoms with Gasteiger partial charge in [0.1, 0.15) is 11.6 Å². The molecule has 1 aromatic rings. The van der Waals surface area contributed by atoms with E-state index in [1.165, 1.54) is 12.8 Å². The molecule has 0 unspecified atom stereocenters. The topological polar surface area (TPSA) is 30.7 Å². The van der Waals surface area contributed by atoms with Crippen LogP contribution >= 0.6 is 11.6 Å². The van der Waals surface area contributed by atoms with Crippen molar-refractivity contribution in [1.29, 1.82) is 0 Å². The minimum atomic E-state index is 0.472. The maximum Gasteiger partial charge on any atom is 0.147 e. The van der Waals surface area contributed by atoms with E-state index < -0.39 is 0 Å². The lowest BCUT2D eigenvalue weighted by molar-refractivity contribution is 0.620. The smallest absolute Gasteiger partial charge is 0.147 e. The van der Waals surface area contributed by atoms with Crippen LogP contribution in [0.3, 0.4) is 0 Å². The van der Waals surface area contributed by atoms with Crippen LogP contribution in [-0.4, -0.2) is 14.8 Å². The first-order valence-corrected chi connectivity index (χ1v) is 5.38. The molecule has 2 rings (SSSR count). The first-order chi connectivity index (χ1) is 6.36. The van der Waals surface area contributed by atoms with Gasteiger partial charge in [0.25, 0.3) is 0 Å². The van der Waals surface area contributed by atoms with Gasteiger partial charge in [0.15, 0.2) is 0 Å². The lowest BCUT2D eigenvalue weighted by Gasteiger charge is -2.05. The van der Waals surface area contributed by atoms with Crippen molar-refractivity contribution in [3.63, 3.8) is 0 Å². The van der Waals surface area contributed by atoms with Crippen molar-refractivity contribution in [3.8, 4) is 0 Å². The summed E-state index contributed by atoms with van der Waals surface area (Å²) in [7, 11) is 0. The zero-order valence-electron chi connectivity index (χ0n) is 7.83. The van der Waals surface area contributed by atoms with Crippen molar-refractivity contribution in [2.24, 2.45) is 0 Å². The molecule has 0 N–H and O–H groups in total. The number of alkyl halides is 1. The number of halogens is 1. The van der Waals surface area contributed by atoms with Crippen molar-refractivity contribution in [1.82, 2.24) is 14.8 Å². The Hall–Kier alpha value is -0.570. The molecule has 0 aliphatic heterocycles. The molecule has 13 heavy (non-hydrogen) atoms. The third-order valence-electron chi connectivity index (χ3n) is 2.37. The maximum absolute atomic E-state index is 5.78. The summed E-state index contributed by atoms with van der Waals surface area (Å²) in [5, 5.41) is 8.29. The number of nitrogens with zero attached hydrogens (tertiary/aromatic N) is 3. The van der Waals surface area contributed by atoms with Crippen molar-refractivity contribution in [2.45, 2.75) is 44.5 Å². The van der Waals surface area contributed by atoms with E-state index in [0.29, 0.717) is 11.8 Å². The predicted octanol–water partition coefficient (Wildman–Crippen LogP) is 2.30. The molecule has 1 heterocycles. The molecular weight excluding hydrogens is 186 g/mol. The quantitative estimate of drug-likeness (QED) is 0.697. The van der Waals surface area contributed by atoms with Gasteiger partial charge >= 0.3 is 0 Å². The summed E-state index contributed by atoms with van der Waals surface area (Å²) >= 11 is 5.78. The Morgan fingerprint density at radius 2 is 2.23 bits per heavy atom. The summed E-state index contributed by atoms with van der Waals surface area (Å²) in [6, 6.07) is 0. The Labute approximate surface area is 83.1 Å². The largest absolute Gasteiger partial charge is 0.314 e. The molecule has 3 nitrogen and oxygen atoms in total. The molecular formula is C9H14ClN3. The van der Waals surface area contributed by atoms with E-state index in [4.69, 9.17) is 11.6 Å². The molecule has 0 radical (unpaired) electrons. The van der Waals surface area contributed by atoms with E-state index in [2.05, 4.69) is 21.7 Å². The minimum absolute atomic E-state index is 0.472. The van der Waals surface area contributed by atoms with Gasteiger partial charge in [0, 0.05) is 12.5 Å². The molecule has 0 bridgehead atoms. The van der Waals surface area contributed by atoms with Gasteiger partial charge in [-0.2, -0.15) is 0 Å². The van der Waals surface area contributed by atoms with Gasteiger partial charge in [-0.1, -0.05) is 6.92 Å². The van der Waals surface area contributed by atoms with Gasteiger partial charge < -0.3 is 4.57 Å². The molecule has 0 saturated heterocycles. The van der Waals surface area contributed by atoms with Gasteiger partial charge in [-0.3, -0.25) is 0 Å². The summed E-state index contributed by atoms with van der Waals surface area (Å²) in [4.78, 5) is 0. The lowest BCUT2D eigenvalue weighted by Crippen LogP contribution is -2.05. The van der Waals surface area contributed by atoms with Gasteiger partial charge in [-0.25, -0.2) is 0 Å². The number of rotatable bonds is 4. The SMILES string of the molecule is CCCn1c(CCl)nnc1C1CC1. The zero-order valence-corrected chi connectivity index (χ0v) is 8.59. The van der Waals surface area contributed by atoms with E-state index >= 15 is 0 Å². The maximum atomic E-state index is 5.78. The highest BCUT2D eigenvalue weighted by molar-refractivity contribution is 6.16. The fraction of sp³-hybridized carbons (Fsp3) is 0.778. The van der Waals surface area contributed by atoms with Crippen LogP contribution in [-0.2, 0) is 12.4 Å². The molecule has 0 aromatic carbocycles. The van der Waals surface area contributed by atoms with Gasteiger partial charge in [-0.05, 0) is 19.3 Å². The lowest BCUT2D eigenvalue weighted by atomic mass is 10.3. The van der Waals surface area contributed by atoms with E-state index in [1.807, 2.05) is 0 Å². The second kappa shape index (κ2) is 3.66. The minimum Gasteiger partial charge on any atom is -0.314 e. The number of hydrogen-bond donors (Lipinski definition) is 0. The van der Waals surface area contributed by atoms with E-state index in [9.17, 15) is 0 Å². The van der Waals surface area contributed by atoms with Crippen LogP contribution in [0.4, 0.5) is 0 Å². The Morgan fingerprint density at radius 3 is 2.77 bits per heavy atom. The number of aromatic nitrogens is 3. The second-order valence-electron chi connectivity index (χ2n) is 3.53. The summed E-state index contributed by atoms with van der Waals surface area (Å²) in [5.41, 5.74) is 0.